The van der Waals surface area contributed by atoms with E-state index >= 15 is 0 Å². The lowest BCUT2D eigenvalue weighted by Crippen LogP contribution is -2.38. The topological polar surface area (TPSA) is 71.9 Å². The van der Waals surface area contributed by atoms with Crippen molar-refractivity contribution in [1.82, 2.24) is 19.3 Å². The molecule has 2 aromatic heterocycles. The van der Waals surface area contributed by atoms with Crippen molar-refractivity contribution in [1.29, 1.82) is 5.26 Å². The van der Waals surface area contributed by atoms with Gasteiger partial charge in [0, 0.05) is 30.2 Å². The Morgan fingerprint density at radius 3 is 2.15 bits per heavy atom. The van der Waals surface area contributed by atoms with E-state index in [2.05, 4.69) is 57.8 Å². The van der Waals surface area contributed by atoms with Gasteiger partial charge in [0.15, 0.2) is 5.82 Å². The maximum atomic E-state index is 10.2. The SMILES string of the molecule is Cc1cc(/C=C(\C#N)c2nnc(N3CCOCC3)n2-c2ccccc2)c(C)n1-c1ccccc1. The van der Waals surface area contributed by atoms with Crippen molar-refractivity contribution in [2.24, 2.45) is 0 Å². The molecule has 0 bridgehead atoms. The van der Waals surface area contributed by atoms with Crippen LogP contribution in [0.5, 0.6) is 0 Å². The van der Waals surface area contributed by atoms with Crippen LogP contribution in [0.4, 0.5) is 5.95 Å². The average molecular weight is 451 g/mol. The number of aromatic nitrogens is 4. The fourth-order valence-electron chi connectivity index (χ4n) is 4.44. The maximum Gasteiger partial charge on any atom is 0.232 e. The summed E-state index contributed by atoms with van der Waals surface area (Å²) in [6.45, 7) is 6.89. The van der Waals surface area contributed by atoms with Crippen LogP contribution in [0, 0.1) is 25.2 Å². The molecule has 170 valence electrons. The summed E-state index contributed by atoms with van der Waals surface area (Å²) in [5.41, 5.74) is 5.62. The van der Waals surface area contributed by atoms with Crippen molar-refractivity contribution >= 4 is 17.6 Å². The molecule has 3 heterocycles. The standard InChI is InChI=1S/C27H26N6O/c1-20-17-22(21(2)32(20)24-9-5-3-6-10-24)18-23(19-28)26-29-30-27(31-13-15-34-16-14-31)33(26)25-11-7-4-8-12-25/h3-12,17-18H,13-16H2,1-2H3/b23-18+. The lowest BCUT2D eigenvalue weighted by atomic mass is 10.1. The van der Waals surface area contributed by atoms with Crippen molar-refractivity contribution in [3.8, 4) is 17.4 Å². The molecule has 0 unspecified atom stereocenters. The van der Waals surface area contributed by atoms with Gasteiger partial charge >= 0.3 is 0 Å². The summed E-state index contributed by atoms with van der Waals surface area (Å²) in [5.74, 6) is 1.25. The third-order valence-corrected chi connectivity index (χ3v) is 6.10. The van der Waals surface area contributed by atoms with E-state index in [1.54, 1.807) is 0 Å². The van der Waals surface area contributed by atoms with Crippen molar-refractivity contribution in [3.05, 3.63) is 89.5 Å². The quantitative estimate of drug-likeness (QED) is 0.416. The molecule has 0 amide bonds. The molecule has 1 fully saturated rings. The molecule has 1 aliphatic rings. The molecular formula is C27H26N6O. The zero-order valence-corrected chi connectivity index (χ0v) is 19.3. The molecule has 2 aromatic carbocycles. The second kappa shape index (κ2) is 9.38. The number of rotatable bonds is 5. The number of allylic oxidation sites excluding steroid dienone is 1. The highest BCUT2D eigenvalue weighted by molar-refractivity contribution is 5.88. The van der Waals surface area contributed by atoms with E-state index in [1.165, 1.54) is 0 Å². The summed E-state index contributed by atoms with van der Waals surface area (Å²) < 4.78 is 9.68. The van der Waals surface area contributed by atoms with Crippen LogP contribution >= 0.6 is 0 Å². The van der Waals surface area contributed by atoms with Gasteiger partial charge in [-0.15, -0.1) is 10.2 Å². The monoisotopic (exact) mass is 450 g/mol. The highest BCUT2D eigenvalue weighted by Gasteiger charge is 2.23. The van der Waals surface area contributed by atoms with E-state index in [9.17, 15) is 5.26 Å². The maximum absolute atomic E-state index is 10.2. The first-order valence-corrected chi connectivity index (χ1v) is 11.4. The Balaban J connectivity index is 1.62. The van der Waals surface area contributed by atoms with Crippen LogP contribution < -0.4 is 4.90 Å². The van der Waals surface area contributed by atoms with Gasteiger partial charge < -0.3 is 14.2 Å². The molecule has 0 atom stereocenters. The third-order valence-electron chi connectivity index (χ3n) is 6.10. The Bertz CT molecular complexity index is 1360. The fraction of sp³-hybridized carbons (Fsp3) is 0.222. The van der Waals surface area contributed by atoms with Gasteiger partial charge in [0.25, 0.3) is 0 Å². The molecule has 1 saturated heterocycles. The summed E-state index contributed by atoms with van der Waals surface area (Å²) in [6, 6.07) is 24.6. The van der Waals surface area contributed by atoms with Crippen LogP contribution in [0.15, 0.2) is 66.7 Å². The summed E-state index contributed by atoms with van der Waals surface area (Å²) in [6.07, 6.45) is 1.91. The molecule has 7 heteroatoms. The smallest absolute Gasteiger partial charge is 0.232 e. The Morgan fingerprint density at radius 1 is 0.912 bits per heavy atom. The first-order chi connectivity index (χ1) is 16.7. The number of para-hydroxylation sites is 2. The van der Waals surface area contributed by atoms with Gasteiger partial charge in [0.05, 0.1) is 24.5 Å². The molecule has 34 heavy (non-hydrogen) atoms. The fourth-order valence-corrected chi connectivity index (χ4v) is 4.44. The summed E-state index contributed by atoms with van der Waals surface area (Å²) >= 11 is 0. The minimum absolute atomic E-state index is 0.462. The number of nitrogens with zero attached hydrogens (tertiary/aromatic N) is 6. The largest absolute Gasteiger partial charge is 0.378 e. The van der Waals surface area contributed by atoms with Gasteiger partial charge in [0.1, 0.15) is 6.07 Å². The minimum atomic E-state index is 0.462. The van der Waals surface area contributed by atoms with Gasteiger partial charge in [0.2, 0.25) is 5.95 Å². The predicted molar refractivity (Wildman–Crippen MR) is 133 cm³/mol. The second-order valence-corrected chi connectivity index (χ2v) is 8.26. The number of hydrogen-bond donors (Lipinski definition) is 0. The third kappa shape index (κ3) is 4.00. The Morgan fingerprint density at radius 2 is 1.53 bits per heavy atom. The highest BCUT2D eigenvalue weighted by atomic mass is 16.5. The molecule has 4 aromatic rings. The first kappa shape index (κ1) is 21.7. The molecule has 5 rings (SSSR count). The van der Waals surface area contributed by atoms with Crippen LogP contribution in [0.25, 0.3) is 23.0 Å². The normalized spacial score (nSPS) is 14.3. The van der Waals surface area contributed by atoms with Crippen LogP contribution in [-0.2, 0) is 4.74 Å². The highest BCUT2D eigenvalue weighted by Crippen LogP contribution is 2.28. The zero-order valence-electron chi connectivity index (χ0n) is 19.3. The Labute approximate surface area is 199 Å². The number of hydrogen-bond acceptors (Lipinski definition) is 5. The number of morpholine rings is 1. The zero-order chi connectivity index (χ0) is 23.5. The van der Waals surface area contributed by atoms with E-state index in [-0.39, 0.29) is 0 Å². The lowest BCUT2D eigenvalue weighted by Gasteiger charge is -2.28. The molecule has 0 N–H and O–H groups in total. The molecule has 0 saturated carbocycles. The van der Waals surface area contributed by atoms with E-state index in [4.69, 9.17) is 4.74 Å². The number of anilines is 1. The van der Waals surface area contributed by atoms with Crippen molar-refractivity contribution in [2.45, 2.75) is 13.8 Å². The van der Waals surface area contributed by atoms with Gasteiger partial charge in [-0.25, -0.2) is 0 Å². The number of benzene rings is 2. The Kier molecular flexibility index (Phi) is 5.98. The second-order valence-electron chi connectivity index (χ2n) is 8.26. The van der Waals surface area contributed by atoms with Gasteiger partial charge in [-0.2, -0.15) is 5.26 Å². The number of aryl methyl sites for hydroxylation is 1. The predicted octanol–water partition coefficient (Wildman–Crippen LogP) is 4.58. The number of ether oxygens (including phenoxy) is 1. The molecule has 1 aliphatic heterocycles. The van der Waals surface area contributed by atoms with Gasteiger partial charge in [-0.3, -0.25) is 4.57 Å². The van der Waals surface area contributed by atoms with Crippen molar-refractivity contribution in [3.63, 3.8) is 0 Å². The molecular weight excluding hydrogens is 424 g/mol. The summed E-state index contributed by atoms with van der Waals surface area (Å²) in [7, 11) is 0. The van der Waals surface area contributed by atoms with E-state index < -0.39 is 0 Å². The summed E-state index contributed by atoms with van der Waals surface area (Å²) in [4.78, 5) is 2.16. The van der Waals surface area contributed by atoms with E-state index in [0.717, 1.165) is 47.4 Å². The van der Waals surface area contributed by atoms with E-state index in [1.807, 2.05) is 59.2 Å². The van der Waals surface area contributed by atoms with E-state index in [0.29, 0.717) is 24.6 Å². The van der Waals surface area contributed by atoms with Crippen LogP contribution in [0.3, 0.4) is 0 Å². The molecule has 0 radical (unpaired) electrons. The van der Waals surface area contributed by atoms with Crippen LogP contribution in [0.2, 0.25) is 0 Å². The Hall–Kier alpha value is -4.15. The first-order valence-electron chi connectivity index (χ1n) is 11.4. The molecule has 0 aliphatic carbocycles. The molecule has 0 spiro atoms. The summed E-state index contributed by atoms with van der Waals surface area (Å²) in [5, 5.41) is 19.2. The van der Waals surface area contributed by atoms with Crippen LogP contribution in [-0.4, -0.2) is 45.6 Å². The van der Waals surface area contributed by atoms with Gasteiger partial charge in [-0.1, -0.05) is 36.4 Å². The van der Waals surface area contributed by atoms with Crippen LogP contribution in [0.1, 0.15) is 22.8 Å². The van der Waals surface area contributed by atoms with Crippen molar-refractivity contribution in [2.75, 3.05) is 31.2 Å². The number of nitriles is 1. The minimum Gasteiger partial charge on any atom is -0.378 e. The van der Waals surface area contributed by atoms with Gasteiger partial charge in [-0.05, 0) is 55.8 Å². The van der Waals surface area contributed by atoms with Crippen molar-refractivity contribution < 1.29 is 4.74 Å². The average Bonchev–Trinajstić information content (AvgIpc) is 3.44. The lowest BCUT2D eigenvalue weighted by molar-refractivity contribution is 0.122. The molecule has 7 nitrogen and oxygen atoms in total.